The quantitative estimate of drug-likeness (QED) is 0.829. The Balaban J connectivity index is 2.95. The lowest BCUT2D eigenvalue weighted by atomic mass is 10.1. The van der Waals surface area contributed by atoms with Gasteiger partial charge in [0.05, 0.1) is 11.4 Å². The molecule has 0 saturated carbocycles. The number of likely N-dealkylation sites (N-methyl/N-ethyl adjacent to an activating group) is 1. The molecule has 0 aliphatic heterocycles. The van der Waals surface area contributed by atoms with E-state index in [1.54, 1.807) is 13.8 Å². The first-order valence-electron chi connectivity index (χ1n) is 7.93. The summed E-state index contributed by atoms with van der Waals surface area (Å²) in [6, 6.07) is 3.74. The van der Waals surface area contributed by atoms with Crippen molar-refractivity contribution in [1.29, 1.82) is 0 Å². The van der Waals surface area contributed by atoms with Crippen LogP contribution in [-0.4, -0.2) is 38.3 Å². The monoisotopic (exact) mass is 340 g/mol. The Morgan fingerprint density at radius 3 is 2.22 bits per heavy atom. The fourth-order valence-electron chi connectivity index (χ4n) is 2.84. The third-order valence-electron chi connectivity index (χ3n) is 3.77. The molecule has 5 nitrogen and oxygen atoms in total. The van der Waals surface area contributed by atoms with Crippen molar-refractivity contribution < 1.29 is 13.2 Å². The molecule has 23 heavy (non-hydrogen) atoms. The largest absolute Gasteiger partial charge is 0.353 e. The molecule has 0 bridgehead atoms. The second-order valence-corrected chi connectivity index (χ2v) is 8.23. The lowest BCUT2D eigenvalue weighted by Crippen LogP contribution is -2.42. The predicted octanol–water partition coefficient (Wildman–Crippen LogP) is 2.54. The van der Waals surface area contributed by atoms with Crippen molar-refractivity contribution in [3.8, 4) is 0 Å². The van der Waals surface area contributed by atoms with Crippen molar-refractivity contribution >= 4 is 15.9 Å². The van der Waals surface area contributed by atoms with Gasteiger partial charge in [0.2, 0.25) is 15.9 Å². The number of nitrogens with zero attached hydrogens (tertiary/aromatic N) is 1. The topological polar surface area (TPSA) is 66.5 Å². The normalized spacial score (nSPS) is 13.2. The Bertz CT molecular complexity index is 645. The van der Waals surface area contributed by atoms with E-state index in [2.05, 4.69) is 5.32 Å². The first-order chi connectivity index (χ1) is 10.6. The average molecular weight is 340 g/mol. The number of sulfonamides is 1. The molecule has 6 heteroatoms. The van der Waals surface area contributed by atoms with E-state index in [4.69, 9.17) is 0 Å². The van der Waals surface area contributed by atoms with Crippen molar-refractivity contribution in [3.63, 3.8) is 0 Å². The van der Waals surface area contributed by atoms with Crippen LogP contribution in [0.3, 0.4) is 0 Å². The summed E-state index contributed by atoms with van der Waals surface area (Å²) in [5.41, 5.74) is 2.43. The van der Waals surface area contributed by atoms with Crippen molar-refractivity contribution in [3.05, 3.63) is 28.8 Å². The lowest BCUT2D eigenvalue weighted by Gasteiger charge is -2.21. The predicted molar refractivity (Wildman–Crippen MR) is 93.0 cm³/mol. The Morgan fingerprint density at radius 2 is 1.74 bits per heavy atom. The van der Waals surface area contributed by atoms with Crippen LogP contribution in [0.4, 0.5) is 0 Å². The van der Waals surface area contributed by atoms with Crippen LogP contribution < -0.4 is 5.32 Å². The van der Waals surface area contributed by atoms with Crippen LogP contribution in [-0.2, 0) is 14.8 Å². The van der Waals surface area contributed by atoms with Crippen LogP contribution >= 0.6 is 0 Å². The van der Waals surface area contributed by atoms with Gasteiger partial charge in [-0.1, -0.05) is 31.0 Å². The minimum Gasteiger partial charge on any atom is -0.353 e. The van der Waals surface area contributed by atoms with Gasteiger partial charge in [-0.2, -0.15) is 4.31 Å². The van der Waals surface area contributed by atoms with E-state index in [9.17, 15) is 13.2 Å². The van der Waals surface area contributed by atoms with Gasteiger partial charge in [0.1, 0.15) is 0 Å². The highest BCUT2D eigenvalue weighted by molar-refractivity contribution is 7.89. The van der Waals surface area contributed by atoms with E-state index < -0.39 is 10.0 Å². The highest BCUT2D eigenvalue weighted by atomic mass is 32.2. The van der Waals surface area contributed by atoms with Gasteiger partial charge < -0.3 is 5.32 Å². The maximum atomic E-state index is 12.8. The standard InChI is InChI=1S/C17H28N2O3S/c1-7-8-15(5)18-16(20)11-19(6)23(21,22)17-13(3)9-12(2)10-14(17)4/h9-10,15H,7-8,11H2,1-6H3,(H,18,20)/t15-/m0/s1. The number of carbonyl (C=O) groups is 1. The molecule has 0 aliphatic carbocycles. The SMILES string of the molecule is CCC[C@H](C)NC(=O)CN(C)S(=O)(=O)c1c(C)cc(C)cc1C. The molecule has 0 aromatic heterocycles. The molecular formula is C17H28N2O3S. The number of hydrogen-bond donors (Lipinski definition) is 1. The maximum Gasteiger partial charge on any atom is 0.243 e. The Labute approximate surface area is 140 Å². The van der Waals surface area contributed by atoms with Gasteiger partial charge in [-0.15, -0.1) is 0 Å². The summed E-state index contributed by atoms with van der Waals surface area (Å²) >= 11 is 0. The minimum absolute atomic E-state index is 0.0476. The fourth-order valence-corrected chi connectivity index (χ4v) is 4.37. The van der Waals surface area contributed by atoms with E-state index in [-0.39, 0.29) is 18.5 Å². The number of hydrogen-bond acceptors (Lipinski definition) is 3. The van der Waals surface area contributed by atoms with Crippen LogP contribution in [0.25, 0.3) is 0 Å². The van der Waals surface area contributed by atoms with Crippen LogP contribution in [0.1, 0.15) is 43.4 Å². The molecule has 1 amide bonds. The summed E-state index contributed by atoms with van der Waals surface area (Å²) in [4.78, 5) is 12.3. The molecule has 1 atom stereocenters. The summed E-state index contributed by atoms with van der Waals surface area (Å²) in [5.74, 6) is -0.278. The molecular weight excluding hydrogens is 312 g/mol. The first kappa shape index (κ1) is 19.6. The van der Waals surface area contributed by atoms with Crippen molar-refractivity contribution in [2.24, 2.45) is 0 Å². The summed E-state index contributed by atoms with van der Waals surface area (Å²) in [5, 5.41) is 2.83. The summed E-state index contributed by atoms with van der Waals surface area (Å²) < 4.78 is 26.7. The zero-order chi connectivity index (χ0) is 17.8. The number of carbonyl (C=O) groups excluding carboxylic acids is 1. The molecule has 0 saturated heterocycles. The van der Waals surface area contributed by atoms with Crippen LogP contribution in [0, 0.1) is 20.8 Å². The van der Waals surface area contributed by atoms with E-state index in [1.807, 2.05) is 32.9 Å². The number of benzene rings is 1. The smallest absolute Gasteiger partial charge is 0.243 e. The Kier molecular flexibility index (Phi) is 6.77. The molecule has 0 spiro atoms. The van der Waals surface area contributed by atoms with E-state index in [0.29, 0.717) is 16.0 Å². The fraction of sp³-hybridized carbons (Fsp3) is 0.588. The zero-order valence-corrected chi connectivity index (χ0v) is 15.8. The molecule has 0 aliphatic rings. The second kappa shape index (κ2) is 7.93. The molecule has 1 aromatic rings. The van der Waals surface area contributed by atoms with Gasteiger partial charge in [0.15, 0.2) is 0 Å². The van der Waals surface area contributed by atoms with Crippen molar-refractivity contribution in [2.75, 3.05) is 13.6 Å². The molecule has 1 rings (SSSR count). The zero-order valence-electron chi connectivity index (χ0n) is 14.9. The van der Waals surface area contributed by atoms with Gasteiger partial charge in [0, 0.05) is 13.1 Å². The maximum absolute atomic E-state index is 12.8. The van der Waals surface area contributed by atoms with Gasteiger partial charge in [-0.3, -0.25) is 4.79 Å². The van der Waals surface area contributed by atoms with E-state index in [0.717, 1.165) is 22.7 Å². The first-order valence-corrected chi connectivity index (χ1v) is 9.37. The van der Waals surface area contributed by atoms with Crippen molar-refractivity contribution in [1.82, 2.24) is 9.62 Å². The van der Waals surface area contributed by atoms with Gasteiger partial charge >= 0.3 is 0 Å². The molecule has 1 N–H and O–H groups in total. The minimum atomic E-state index is -3.69. The Morgan fingerprint density at radius 1 is 1.22 bits per heavy atom. The molecule has 0 unspecified atom stereocenters. The van der Waals surface area contributed by atoms with Gasteiger partial charge in [-0.05, 0) is 45.2 Å². The Hall–Kier alpha value is -1.40. The highest BCUT2D eigenvalue weighted by Crippen LogP contribution is 2.24. The number of nitrogens with one attached hydrogen (secondary N) is 1. The van der Waals surface area contributed by atoms with Gasteiger partial charge in [-0.25, -0.2) is 8.42 Å². The van der Waals surface area contributed by atoms with Gasteiger partial charge in [0.25, 0.3) is 0 Å². The third kappa shape index (κ3) is 5.04. The summed E-state index contributed by atoms with van der Waals surface area (Å²) in [6.07, 6.45) is 1.84. The molecule has 0 radical (unpaired) electrons. The van der Waals surface area contributed by atoms with Crippen LogP contribution in [0.15, 0.2) is 17.0 Å². The number of rotatable bonds is 7. The lowest BCUT2D eigenvalue weighted by molar-refractivity contribution is -0.121. The average Bonchev–Trinajstić information content (AvgIpc) is 2.36. The van der Waals surface area contributed by atoms with Crippen LogP contribution in [0.2, 0.25) is 0 Å². The molecule has 0 fully saturated rings. The van der Waals surface area contributed by atoms with Crippen molar-refractivity contribution in [2.45, 2.75) is 58.4 Å². The number of amides is 1. The highest BCUT2D eigenvalue weighted by Gasteiger charge is 2.26. The molecule has 0 heterocycles. The van der Waals surface area contributed by atoms with E-state index in [1.165, 1.54) is 7.05 Å². The summed E-state index contributed by atoms with van der Waals surface area (Å²) in [7, 11) is -2.25. The van der Waals surface area contributed by atoms with E-state index >= 15 is 0 Å². The summed E-state index contributed by atoms with van der Waals surface area (Å²) in [6.45, 7) is 9.28. The second-order valence-electron chi connectivity index (χ2n) is 6.25. The molecule has 130 valence electrons. The molecule has 1 aromatic carbocycles. The number of aryl methyl sites for hydroxylation is 3. The van der Waals surface area contributed by atoms with Crippen LogP contribution in [0.5, 0.6) is 0 Å². The third-order valence-corrected chi connectivity index (χ3v) is 5.88.